The first kappa shape index (κ1) is 13.1. The van der Waals surface area contributed by atoms with E-state index >= 15 is 0 Å². The summed E-state index contributed by atoms with van der Waals surface area (Å²) in [6.07, 6.45) is 6.27. The van der Waals surface area contributed by atoms with E-state index in [0.717, 1.165) is 19.3 Å². The van der Waals surface area contributed by atoms with E-state index in [-0.39, 0.29) is 12.5 Å². The van der Waals surface area contributed by atoms with E-state index in [2.05, 4.69) is 5.32 Å². The Morgan fingerprint density at radius 2 is 2.17 bits per heavy atom. The van der Waals surface area contributed by atoms with Crippen molar-refractivity contribution in [3.63, 3.8) is 0 Å². The Balaban J connectivity index is 2.43. The molecule has 0 aromatic carbocycles. The first-order valence-electron chi connectivity index (χ1n) is 6.45. The van der Waals surface area contributed by atoms with Crippen LogP contribution >= 0.6 is 0 Å². The van der Waals surface area contributed by atoms with Crippen molar-refractivity contribution >= 4 is 11.9 Å². The van der Waals surface area contributed by atoms with Crippen molar-refractivity contribution in [2.75, 3.05) is 6.61 Å². The van der Waals surface area contributed by atoms with Gasteiger partial charge in [0, 0.05) is 6.08 Å². The maximum atomic E-state index is 12.2. The fraction of sp³-hybridized carbons (Fsp3) is 0.692. The third kappa shape index (κ3) is 1.92. The second kappa shape index (κ2) is 4.72. The lowest BCUT2D eigenvalue weighted by molar-refractivity contribution is -0.177. The van der Waals surface area contributed by atoms with Crippen LogP contribution in [0, 0.1) is 5.41 Å². The summed E-state index contributed by atoms with van der Waals surface area (Å²) < 4.78 is 5.10. The highest BCUT2D eigenvalue weighted by molar-refractivity contribution is 5.93. The molecule has 0 unspecified atom stereocenters. The van der Waals surface area contributed by atoms with Gasteiger partial charge in [-0.3, -0.25) is 9.59 Å². The summed E-state index contributed by atoms with van der Waals surface area (Å²) in [5.74, 6) is -0.815. The number of hydrogen-bond donors (Lipinski definition) is 2. The predicted molar refractivity (Wildman–Crippen MR) is 64.4 cm³/mol. The van der Waals surface area contributed by atoms with Crippen LogP contribution in [0.5, 0.6) is 0 Å². The molecule has 1 amide bonds. The molecule has 2 N–H and O–H groups in total. The number of ether oxygens (including phenoxy) is 1. The van der Waals surface area contributed by atoms with Crippen molar-refractivity contribution in [2.24, 2.45) is 5.41 Å². The van der Waals surface area contributed by atoms with Gasteiger partial charge in [0.15, 0.2) is 5.72 Å². The summed E-state index contributed by atoms with van der Waals surface area (Å²) in [6, 6.07) is 0. The number of amides is 1. The van der Waals surface area contributed by atoms with E-state index in [9.17, 15) is 14.7 Å². The topological polar surface area (TPSA) is 75.6 Å². The number of esters is 1. The SMILES string of the molecule is CCOC(=O)[C@]12C=CC(=O)N[C@]1(O)CCCCC2. The Kier molecular flexibility index (Phi) is 3.43. The maximum absolute atomic E-state index is 12.2. The highest BCUT2D eigenvalue weighted by Crippen LogP contribution is 2.45. The first-order chi connectivity index (χ1) is 8.54. The van der Waals surface area contributed by atoms with Crippen molar-refractivity contribution in [3.05, 3.63) is 12.2 Å². The molecule has 0 saturated heterocycles. The number of hydrogen-bond acceptors (Lipinski definition) is 4. The normalized spacial score (nSPS) is 35.3. The Labute approximate surface area is 106 Å². The zero-order valence-corrected chi connectivity index (χ0v) is 10.6. The summed E-state index contributed by atoms with van der Waals surface area (Å²) in [4.78, 5) is 23.7. The van der Waals surface area contributed by atoms with Gasteiger partial charge >= 0.3 is 5.97 Å². The molecule has 0 bridgehead atoms. The fourth-order valence-electron chi connectivity index (χ4n) is 2.85. The fourth-order valence-corrected chi connectivity index (χ4v) is 2.85. The van der Waals surface area contributed by atoms with E-state index in [1.54, 1.807) is 6.92 Å². The lowest BCUT2D eigenvalue weighted by atomic mass is 9.71. The van der Waals surface area contributed by atoms with Crippen LogP contribution in [0.4, 0.5) is 0 Å². The van der Waals surface area contributed by atoms with E-state index in [1.807, 2.05) is 0 Å². The summed E-state index contributed by atoms with van der Waals surface area (Å²) >= 11 is 0. The van der Waals surface area contributed by atoms with Crippen LogP contribution < -0.4 is 5.32 Å². The Morgan fingerprint density at radius 3 is 2.89 bits per heavy atom. The Morgan fingerprint density at radius 1 is 1.44 bits per heavy atom. The van der Waals surface area contributed by atoms with Gasteiger partial charge in [-0.15, -0.1) is 0 Å². The minimum absolute atomic E-state index is 0.262. The predicted octanol–water partition coefficient (Wildman–Crippen LogP) is 0.875. The summed E-state index contributed by atoms with van der Waals surface area (Å²) in [7, 11) is 0. The van der Waals surface area contributed by atoms with E-state index in [4.69, 9.17) is 4.74 Å². The highest BCUT2D eigenvalue weighted by atomic mass is 16.5. The number of carbonyl (C=O) groups is 2. The number of aliphatic hydroxyl groups is 1. The van der Waals surface area contributed by atoms with Gasteiger partial charge < -0.3 is 15.2 Å². The third-order valence-electron chi connectivity index (χ3n) is 3.84. The summed E-state index contributed by atoms with van der Waals surface area (Å²) in [5, 5.41) is 13.2. The molecular weight excluding hydrogens is 234 g/mol. The van der Waals surface area contributed by atoms with E-state index in [0.29, 0.717) is 12.8 Å². The van der Waals surface area contributed by atoms with Crippen molar-refractivity contribution < 1.29 is 19.4 Å². The van der Waals surface area contributed by atoms with Gasteiger partial charge in [0.05, 0.1) is 6.61 Å². The zero-order valence-electron chi connectivity index (χ0n) is 10.6. The molecule has 1 fully saturated rings. The molecule has 18 heavy (non-hydrogen) atoms. The van der Waals surface area contributed by atoms with E-state index in [1.165, 1.54) is 12.2 Å². The van der Waals surface area contributed by atoms with Crippen LogP contribution in [0.1, 0.15) is 39.0 Å². The molecular formula is C13H19NO4. The van der Waals surface area contributed by atoms with Gasteiger partial charge in [-0.25, -0.2) is 0 Å². The smallest absolute Gasteiger partial charge is 0.320 e. The molecule has 0 aromatic heterocycles. The average molecular weight is 253 g/mol. The average Bonchev–Trinajstić information content (AvgIpc) is 2.48. The third-order valence-corrected chi connectivity index (χ3v) is 3.84. The molecule has 100 valence electrons. The molecule has 0 spiro atoms. The lowest BCUT2D eigenvalue weighted by Gasteiger charge is -2.44. The second-order valence-electron chi connectivity index (χ2n) is 4.94. The van der Waals surface area contributed by atoms with Crippen LogP contribution in [0.2, 0.25) is 0 Å². The van der Waals surface area contributed by atoms with Gasteiger partial charge in [-0.1, -0.05) is 18.9 Å². The quantitative estimate of drug-likeness (QED) is 0.716. The molecule has 1 saturated carbocycles. The molecule has 0 radical (unpaired) electrons. The first-order valence-corrected chi connectivity index (χ1v) is 6.45. The Hall–Kier alpha value is -1.36. The monoisotopic (exact) mass is 253 g/mol. The Bertz CT molecular complexity index is 392. The highest BCUT2D eigenvalue weighted by Gasteiger charge is 2.57. The molecule has 5 nitrogen and oxygen atoms in total. The van der Waals surface area contributed by atoms with Gasteiger partial charge in [0.25, 0.3) is 0 Å². The van der Waals surface area contributed by atoms with Crippen molar-refractivity contribution in [3.8, 4) is 0 Å². The van der Waals surface area contributed by atoms with Crippen molar-refractivity contribution in [2.45, 2.75) is 44.8 Å². The van der Waals surface area contributed by atoms with Gasteiger partial charge in [0.1, 0.15) is 5.41 Å². The van der Waals surface area contributed by atoms with Crippen molar-refractivity contribution in [1.29, 1.82) is 0 Å². The molecule has 1 aliphatic carbocycles. The second-order valence-corrected chi connectivity index (χ2v) is 4.94. The number of carbonyl (C=O) groups excluding carboxylic acids is 2. The minimum atomic E-state index is -1.51. The summed E-state index contributed by atoms with van der Waals surface area (Å²) in [5.41, 5.74) is -2.64. The number of nitrogens with one attached hydrogen (secondary N) is 1. The molecule has 2 atom stereocenters. The molecule has 2 rings (SSSR count). The van der Waals surface area contributed by atoms with Gasteiger partial charge in [-0.2, -0.15) is 0 Å². The molecule has 1 heterocycles. The minimum Gasteiger partial charge on any atom is -0.465 e. The van der Waals surface area contributed by atoms with Crippen LogP contribution in [0.15, 0.2) is 12.2 Å². The van der Waals surface area contributed by atoms with E-state index < -0.39 is 17.1 Å². The van der Waals surface area contributed by atoms with Gasteiger partial charge in [-0.05, 0) is 26.2 Å². The van der Waals surface area contributed by atoms with Crippen LogP contribution in [0.25, 0.3) is 0 Å². The molecule has 2 aliphatic rings. The van der Waals surface area contributed by atoms with Crippen molar-refractivity contribution in [1.82, 2.24) is 5.32 Å². The van der Waals surface area contributed by atoms with Crippen LogP contribution in [-0.4, -0.2) is 29.3 Å². The van der Waals surface area contributed by atoms with Crippen LogP contribution in [0.3, 0.4) is 0 Å². The molecule has 1 aliphatic heterocycles. The zero-order chi connectivity index (χ0) is 13.2. The van der Waals surface area contributed by atoms with Crippen LogP contribution in [-0.2, 0) is 14.3 Å². The molecule has 0 aromatic rings. The standard InChI is InChI=1S/C13H19NO4/c1-2-18-11(16)12-7-4-3-5-8-13(12,17)14-10(15)6-9-12/h6,9,17H,2-5,7-8H2,1H3,(H,14,15)/t12-,13-/m0/s1. The van der Waals surface area contributed by atoms with Gasteiger partial charge in [0.2, 0.25) is 5.91 Å². The number of fused-ring (bicyclic) bond motifs is 1. The number of rotatable bonds is 2. The maximum Gasteiger partial charge on any atom is 0.320 e. The lowest BCUT2D eigenvalue weighted by Crippen LogP contribution is -2.64. The molecule has 5 heteroatoms. The largest absolute Gasteiger partial charge is 0.465 e. The summed E-state index contributed by atoms with van der Waals surface area (Å²) in [6.45, 7) is 1.99.